The molecule has 0 amide bonds. The van der Waals surface area contributed by atoms with Gasteiger partial charge in [0.1, 0.15) is 5.75 Å². The highest BCUT2D eigenvalue weighted by atomic mass is 16.5. The number of nitrogens with two attached hydrogens (primary N) is 1. The second-order valence-corrected chi connectivity index (χ2v) is 4.90. The summed E-state index contributed by atoms with van der Waals surface area (Å²) in [6, 6.07) is 15.5. The van der Waals surface area contributed by atoms with Crippen LogP contribution < -0.4 is 10.5 Å². The lowest BCUT2D eigenvalue weighted by atomic mass is 10.1. The number of benzene rings is 2. The lowest BCUT2D eigenvalue weighted by Gasteiger charge is -2.11. The summed E-state index contributed by atoms with van der Waals surface area (Å²) in [5, 5.41) is 10.2. The molecule has 0 fully saturated rings. The van der Waals surface area contributed by atoms with E-state index >= 15 is 0 Å². The highest BCUT2D eigenvalue weighted by Gasteiger charge is 2.08. The Morgan fingerprint density at radius 1 is 1.19 bits per heavy atom. The number of nitriles is 1. The molecule has 4 nitrogen and oxygen atoms in total. The van der Waals surface area contributed by atoms with E-state index in [-0.39, 0.29) is 0 Å². The summed E-state index contributed by atoms with van der Waals surface area (Å²) in [5.74, 6) is 0.778. The first-order valence-corrected chi connectivity index (χ1v) is 6.62. The smallest absolute Gasteiger partial charge is 0.123 e. The van der Waals surface area contributed by atoms with E-state index in [1.165, 1.54) is 0 Å². The molecule has 0 saturated carbocycles. The third kappa shape index (κ3) is 2.41. The topological polar surface area (TPSA) is 64.0 Å². The molecule has 0 bridgehead atoms. The Hall–Kier alpha value is -2.93. The molecule has 2 aromatic carbocycles. The van der Waals surface area contributed by atoms with Crippen molar-refractivity contribution in [1.82, 2.24) is 4.57 Å². The number of nitrogens with zero attached hydrogens (tertiary/aromatic N) is 2. The van der Waals surface area contributed by atoms with Crippen LogP contribution in [0.3, 0.4) is 0 Å². The maximum atomic E-state index is 9.05. The van der Waals surface area contributed by atoms with Crippen LogP contribution >= 0.6 is 0 Å². The second-order valence-electron chi connectivity index (χ2n) is 4.90. The van der Waals surface area contributed by atoms with Crippen molar-refractivity contribution < 1.29 is 4.74 Å². The second kappa shape index (κ2) is 5.22. The summed E-state index contributed by atoms with van der Waals surface area (Å²) in [7, 11) is 1.64. The molecule has 0 aliphatic carbocycles. The molecule has 4 heteroatoms. The van der Waals surface area contributed by atoms with Gasteiger partial charge in [0.05, 0.1) is 30.8 Å². The SMILES string of the molecule is COc1ccc(C#N)cc1Cn1ccc2ccc(N)cc21. The molecule has 0 spiro atoms. The van der Waals surface area contributed by atoms with Gasteiger partial charge in [0.2, 0.25) is 0 Å². The predicted octanol–water partition coefficient (Wildman–Crippen LogP) is 3.15. The van der Waals surface area contributed by atoms with Gasteiger partial charge in [0.25, 0.3) is 0 Å². The van der Waals surface area contributed by atoms with Gasteiger partial charge in [-0.3, -0.25) is 0 Å². The maximum absolute atomic E-state index is 9.05. The van der Waals surface area contributed by atoms with E-state index in [1.54, 1.807) is 13.2 Å². The number of ether oxygens (including phenoxy) is 1. The number of rotatable bonds is 3. The molecule has 3 aromatic rings. The van der Waals surface area contributed by atoms with Crippen LogP contribution in [-0.4, -0.2) is 11.7 Å². The summed E-state index contributed by atoms with van der Waals surface area (Å²) in [4.78, 5) is 0. The first-order valence-electron chi connectivity index (χ1n) is 6.62. The molecule has 104 valence electrons. The normalized spacial score (nSPS) is 10.5. The molecule has 21 heavy (non-hydrogen) atoms. The van der Waals surface area contributed by atoms with E-state index in [2.05, 4.69) is 16.7 Å². The third-order valence-electron chi connectivity index (χ3n) is 3.55. The standard InChI is InChI=1S/C17H15N3O/c1-21-17-5-2-12(10-18)8-14(17)11-20-7-6-13-3-4-15(19)9-16(13)20/h2-9H,11,19H2,1H3. The van der Waals surface area contributed by atoms with Crippen LogP contribution in [0.1, 0.15) is 11.1 Å². The lowest BCUT2D eigenvalue weighted by Crippen LogP contribution is -2.01. The highest BCUT2D eigenvalue weighted by molar-refractivity contribution is 5.83. The van der Waals surface area contributed by atoms with Crippen molar-refractivity contribution in [2.24, 2.45) is 0 Å². The number of aromatic nitrogens is 1. The van der Waals surface area contributed by atoms with Crippen LogP contribution in [0.25, 0.3) is 10.9 Å². The molecule has 0 radical (unpaired) electrons. The average molecular weight is 277 g/mol. The fourth-order valence-corrected chi connectivity index (χ4v) is 2.49. The summed E-state index contributed by atoms with van der Waals surface area (Å²) in [5.41, 5.74) is 9.27. The van der Waals surface area contributed by atoms with E-state index < -0.39 is 0 Å². The van der Waals surface area contributed by atoms with Gasteiger partial charge in [0, 0.05) is 17.4 Å². The van der Waals surface area contributed by atoms with Crippen LogP contribution in [0.15, 0.2) is 48.7 Å². The fraction of sp³-hybridized carbons (Fsp3) is 0.118. The molecular weight excluding hydrogens is 262 g/mol. The Morgan fingerprint density at radius 2 is 2.05 bits per heavy atom. The summed E-state index contributed by atoms with van der Waals surface area (Å²) < 4.78 is 7.48. The zero-order chi connectivity index (χ0) is 14.8. The van der Waals surface area contributed by atoms with Crippen molar-refractivity contribution in [2.75, 3.05) is 12.8 Å². The van der Waals surface area contributed by atoms with E-state index in [4.69, 9.17) is 15.7 Å². The maximum Gasteiger partial charge on any atom is 0.123 e. The van der Waals surface area contributed by atoms with Crippen LogP contribution in [0, 0.1) is 11.3 Å². The largest absolute Gasteiger partial charge is 0.496 e. The van der Waals surface area contributed by atoms with Gasteiger partial charge < -0.3 is 15.0 Å². The minimum atomic E-state index is 0.627. The van der Waals surface area contributed by atoms with Crippen molar-refractivity contribution in [2.45, 2.75) is 6.54 Å². The number of methoxy groups -OCH3 is 1. The molecule has 0 saturated heterocycles. The first-order chi connectivity index (χ1) is 10.2. The van der Waals surface area contributed by atoms with Gasteiger partial charge in [0.15, 0.2) is 0 Å². The van der Waals surface area contributed by atoms with Crippen molar-refractivity contribution in [3.63, 3.8) is 0 Å². The Balaban J connectivity index is 2.06. The molecule has 0 unspecified atom stereocenters. The molecule has 1 aromatic heterocycles. The van der Waals surface area contributed by atoms with E-state index in [1.807, 2.05) is 36.5 Å². The van der Waals surface area contributed by atoms with Crippen LogP contribution in [0.2, 0.25) is 0 Å². The molecule has 0 atom stereocenters. The summed E-state index contributed by atoms with van der Waals surface area (Å²) in [6.45, 7) is 0.631. The van der Waals surface area contributed by atoms with Crippen LogP contribution in [0.4, 0.5) is 5.69 Å². The molecule has 1 heterocycles. The Morgan fingerprint density at radius 3 is 2.81 bits per heavy atom. The van der Waals surface area contributed by atoms with Gasteiger partial charge in [-0.2, -0.15) is 5.26 Å². The zero-order valence-electron chi connectivity index (χ0n) is 11.7. The van der Waals surface area contributed by atoms with Crippen molar-refractivity contribution in [3.8, 4) is 11.8 Å². The van der Waals surface area contributed by atoms with Crippen molar-refractivity contribution >= 4 is 16.6 Å². The van der Waals surface area contributed by atoms with E-state index in [0.29, 0.717) is 12.1 Å². The quantitative estimate of drug-likeness (QED) is 0.748. The number of fused-ring (bicyclic) bond motifs is 1. The number of hydrogen-bond acceptors (Lipinski definition) is 3. The number of anilines is 1. The van der Waals surface area contributed by atoms with Gasteiger partial charge in [-0.1, -0.05) is 6.07 Å². The Kier molecular flexibility index (Phi) is 3.25. The van der Waals surface area contributed by atoms with Crippen LogP contribution in [-0.2, 0) is 6.54 Å². The van der Waals surface area contributed by atoms with Gasteiger partial charge >= 0.3 is 0 Å². The predicted molar refractivity (Wildman–Crippen MR) is 83.2 cm³/mol. The summed E-state index contributed by atoms with van der Waals surface area (Å²) in [6.07, 6.45) is 2.02. The minimum absolute atomic E-state index is 0.627. The van der Waals surface area contributed by atoms with Gasteiger partial charge in [-0.05, 0) is 41.8 Å². The first kappa shape index (κ1) is 13.1. The Bertz CT molecular complexity index is 843. The van der Waals surface area contributed by atoms with Crippen molar-refractivity contribution in [1.29, 1.82) is 5.26 Å². The third-order valence-corrected chi connectivity index (χ3v) is 3.55. The Labute approximate surface area is 123 Å². The van der Waals surface area contributed by atoms with Crippen LogP contribution in [0.5, 0.6) is 5.75 Å². The number of hydrogen-bond donors (Lipinski definition) is 1. The molecule has 2 N–H and O–H groups in total. The highest BCUT2D eigenvalue weighted by Crippen LogP contribution is 2.24. The van der Waals surface area contributed by atoms with E-state index in [9.17, 15) is 0 Å². The van der Waals surface area contributed by atoms with Crippen molar-refractivity contribution in [3.05, 3.63) is 59.8 Å². The van der Waals surface area contributed by atoms with E-state index in [0.717, 1.165) is 27.9 Å². The molecule has 0 aliphatic heterocycles. The molecular formula is C17H15N3O. The average Bonchev–Trinajstić information content (AvgIpc) is 2.89. The van der Waals surface area contributed by atoms with Gasteiger partial charge in [-0.25, -0.2) is 0 Å². The monoisotopic (exact) mass is 277 g/mol. The molecule has 3 rings (SSSR count). The zero-order valence-corrected chi connectivity index (χ0v) is 11.7. The lowest BCUT2D eigenvalue weighted by molar-refractivity contribution is 0.408. The fourth-order valence-electron chi connectivity index (χ4n) is 2.49. The summed E-state index contributed by atoms with van der Waals surface area (Å²) >= 11 is 0. The minimum Gasteiger partial charge on any atom is -0.496 e. The van der Waals surface area contributed by atoms with Gasteiger partial charge in [-0.15, -0.1) is 0 Å². The number of nitrogen functional groups attached to an aromatic ring is 1. The molecule has 0 aliphatic rings.